The smallest absolute Gasteiger partial charge is 0.294 e. The van der Waals surface area contributed by atoms with Gasteiger partial charge >= 0.3 is 0 Å². The third kappa shape index (κ3) is 2.87. The van der Waals surface area contributed by atoms with Gasteiger partial charge < -0.3 is 4.90 Å². The van der Waals surface area contributed by atoms with E-state index in [-0.39, 0.29) is 17.8 Å². The molecule has 5 rings (SSSR count). The highest BCUT2D eigenvalue weighted by Crippen LogP contribution is 2.44. The SMILES string of the molecule is Cc1cc(C)n2nc(C(=O)N(C3CC3)C3CC(c4ccccc4C)C3)nc2n1. The van der Waals surface area contributed by atoms with E-state index in [1.54, 1.807) is 4.52 Å². The minimum absolute atomic E-state index is 0.0433. The molecule has 0 unspecified atom stereocenters. The first-order valence-corrected chi connectivity index (χ1v) is 10.1. The van der Waals surface area contributed by atoms with Crippen LogP contribution in [0.25, 0.3) is 5.78 Å². The van der Waals surface area contributed by atoms with Crippen LogP contribution in [0, 0.1) is 20.8 Å². The van der Waals surface area contributed by atoms with Crippen LogP contribution >= 0.6 is 0 Å². The Bertz CT molecular complexity index is 1060. The van der Waals surface area contributed by atoms with Crippen LogP contribution in [-0.2, 0) is 0 Å². The van der Waals surface area contributed by atoms with Crippen LogP contribution in [0.15, 0.2) is 30.3 Å². The van der Waals surface area contributed by atoms with Crippen molar-refractivity contribution in [2.24, 2.45) is 0 Å². The summed E-state index contributed by atoms with van der Waals surface area (Å²) in [7, 11) is 0. The number of benzene rings is 1. The summed E-state index contributed by atoms with van der Waals surface area (Å²) in [5, 5.41) is 4.47. The summed E-state index contributed by atoms with van der Waals surface area (Å²) >= 11 is 0. The predicted molar refractivity (Wildman–Crippen MR) is 106 cm³/mol. The maximum atomic E-state index is 13.3. The molecule has 3 aromatic rings. The Kier molecular flexibility index (Phi) is 3.96. The van der Waals surface area contributed by atoms with Gasteiger partial charge in [0.25, 0.3) is 11.7 Å². The Balaban J connectivity index is 1.39. The van der Waals surface area contributed by atoms with E-state index in [2.05, 4.69) is 51.2 Å². The molecular weight excluding hydrogens is 350 g/mol. The van der Waals surface area contributed by atoms with Crippen molar-refractivity contribution >= 4 is 11.7 Å². The van der Waals surface area contributed by atoms with E-state index < -0.39 is 0 Å². The van der Waals surface area contributed by atoms with Crippen molar-refractivity contribution in [3.05, 3.63) is 58.7 Å². The molecule has 6 nitrogen and oxygen atoms in total. The average Bonchev–Trinajstić information content (AvgIpc) is 3.36. The Morgan fingerprint density at radius 1 is 1.07 bits per heavy atom. The number of fused-ring (bicyclic) bond motifs is 1. The number of aromatic nitrogens is 4. The molecule has 6 heteroatoms. The third-order valence-corrected chi connectivity index (χ3v) is 6.12. The molecule has 0 saturated heterocycles. The summed E-state index contributed by atoms with van der Waals surface area (Å²) < 4.78 is 1.67. The lowest BCUT2D eigenvalue weighted by atomic mass is 9.73. The lowest BCUT2D eigenvalue weighted by Gasteiger charge is -2.43. The maximum absolute atomic E-state index is 13.3. The molecule has 2 heterocycles. The van der Waals surface area contributed by atoms with Gasteiger partial charge in [-0.15, -0.1) is 5.10 Å². The third-order valence-electron chi connectivity index (χ3n) is 6.12. The summed E-state index contributed by atoms with van der Waals surface area (Å²) in [6.07, 6.45) is 4.22. The van der Waals surface area contributed by atoms with Gasteiger partial charge in [0.15, 0.2) is 0 Å². The number of hydrogen-bond donors (Lipinski definition) is 0. The van der Waals surface area contributed by atoms with Crippen molar-refractivity contribution in [3.63, 3.8) is 0 Å². The molecule has 2 aliphatic rings. The van der Waals surface area contributed by atoms with Crippen LogP contribution in [0.2, 0.25) is 0 Å². The fraction of sp³-hybridized carbons (Fsp3) is 0.455. The van der Waals surface area contributed by atoms with Gasteiger partial charge in [-0.1, -0.05) is 24.3 Å². The summed E-state index contributed by atoms with van der Waals surface area (Å²) in [5.41, 5.74) is 4.59. The van der Waals surface area contributed by atoms with Gasteiger partial charge in [0, 0.05) is 23.5 Å². The number of rotatable bonds is 4. The zero-order chi connectivity index (χ0) is 19.4. The Morgan fingerprint density at radius 3 is 2.54 bits per heavy atom. The first-order valence-electron chi connectivity index (χ1n) is 10.1. The minimum Gasteiger partial charge on any atom is -0.330 e. The molecule has 2 aliphatic carbocycles. The zero-order valence-electron chi connectivity index (χ0n) is 16.6. The van der Waals surface area contributed by atoms with Crippen molar-refractivity contribution in [1.82, 2.24) is 24.5 Å². The number of amides is 1. The molecule has 1 amide bonds. The summed E-state index contributed by atoms with van der Waals surface area (Å²) in [6.45, 7) is 6.06. The van der Waals surface area contributed by atoms with Crippen LogP contribution in [0.4, 0.5) is 0 Å². The van der Waals surface area contributed by atoms with E-state index in [0.717, 1.165) is 37.1 Å². The van der Waals surface area contributed by atoms with Crippen molar-refractivity contribution in [1.29, 1.82) is 0 Å². The number of nitrogens with zero attached hydrogens (tertiary/aromatic N) is 5. The quantitative estimate of drug-likeness (QED) is 0.699. The minimum atomic E-state index is -0.0433. The van der Waals surface area contributed by atoms with Crippen molar-refractivity contribution < 1.29 is 4.79 Å². The van der Waals surface area contributed by atoms with Crippen LogP contribution in [-0.4, -0.2) is 42.5 Å². The number of carbonyl (C=O) groups excluding carboxylic acids is 1. The molecule has 144 valence electrons. The molecule has 0 spiro atoms. The predicted octanol–water partition coefficient (Wildman–Crippen LogP) is 3.60. The standard InChI is InChI=1S/C22H25N5O/c1-13-6-4-5-7-19(13)16-11-18(12-16)26(17-8-9-17)21(28)20-24-22-23-14(2)10-15(3)27(22)25-20/h4-7,10,16-18H,8-9,11-12H2,1-3H3. The second-order valence-corrected chi connectivity index (χ2v) is 8.31. The molecule has 2 aromatic heterocycles. The van der Waals surface area contributed by atoms with E-state index in [9.17, 15) is 4.79 Å². The van der Waals surface area contributed by atoms with E-state index in [1.807, 2.05) is 19.9 Å². The summed E-state index contributed by atoms with van der Waals surface area (Å²) in [4.78, 5) is 24.2. The fourth-order valence-corrected chi connectivity index (χ4v) is 4.47. The lowest BCUT2D eigenvalue weighted by molar-refractivity contribution is 0.0504. The van der Waals surface area contributed by atoms with Crippen LogP contribution < -0.4 is 0 Å². The Labute approximate surface area is 164 Å². The topological polar surface area (TPSA) is 63.4 Å². The second-order valence-electron chi connectivity index (χ2n) is 8.31. The molecule has 0 atom stereocenters. The fourth-order valence-electron chi connectivity index (χ4n) is 4.47. The molecule has 0 aliphatic heterocycles. The Morgan fingerprint density at radius 2 is 1.82 bits per heavy atom. The summed E-state index contributed by atoms with van der Waals surface area (Å²) in [5.74, 6) is 1.27. The van der Waals surface area contributed by atoms with Gasteiger partial charge in [0.1, 0.15) is 0 Å². The average molecular weight is 375 g/mol. The first kappa shape index (κ1) is 17.3. The van der Waals surface area contributed by atoms with E-state index in [4.69, 9.17) is 0 Å². The molecule has 28 heavy (non-hydrogen) atoms. The highest BCUT2D eigenvalue weighted by Gasteiger charge is 2.45. The van der Waals surface area contributed by atoms with Gasteiger partial charge in [0.2, 0.25) is 5.82 Å². The Hall–Kier alpha value is -2.76. The lowest BCUT2D eigenvalue weighted by Crippen LogP contribution is -2.48. The van der Waals surface area contributed by atoms with Crippen LogP contribution in [0.1, 0.15) is 64.7 Å². The maximum Gasteiger partial charge on any atom is 0.294 e. The summed E-state index contributed by atoms with van der Waals surface area (Å²) in [6, 6.07) is 11.2. The molecule has 2 saturated carbocycles. The highest BCUT2D eigenvalue weighted by molar-refractivity contribution is 5.91. The highest BCUT2D eigenvalue weighted by atomic mass is 16.2. The number of hydrogen-bond acceptors (Lipinski definition) is 4. The first-order chi connectivity index (χ1) is 13.5. The van der Waals surface area contributed by atoms with E-state index >= 15 is 0 Å². The zero-order valence-corrected chi connectivity index (χ0v) is 16.6. The molecular formula is C22H25N5O. The van der Waals surface area contributed by atoms with Gasteiger partial charge in [-0.3, -0.25) is 4.79 Å². The van der Waals surface area contributed by atoms with Gasteiger partial charge in [-0.25, -0.2) is 9.50 Å². The molecule has 1 aromatic carbocycles. The van der Waals surface area contributed by atoms with Gasteiger partial charge in [-0.05, 0) is 69.6 Å². The van der Waals surface area contributed by atoms with Crippen LogP contribution in [0.5, 0.6) is 0 Å². The molecule has 0 N–H and O–H groups in total. The van der Waals surface area contributed by atoms with E-state index in [0.29, 0.717) is 17.7 Å². The van der Waals surface area contributed by atoms with Crippen LogP contribution in [0.3, 0.4) is 0 Å². The monoisotopic (exact) mass is 375 g/mol. The van der Waals surface area contributed by atoms with Crippen molar-refractivity contribution in [2.45, 2.75) is 64.5 Å². The van der Waals surface area contributed by atoms with Gasteiger partial charge in [-0.2, -0.15) is 4.98 Å². The number of aryl methyl sites for hydroxylation is 3. The van der Waals surface area contributed by atoms with E-state index in [1.165, 1.54) is 11.1 Å². The largest absolute Gasteiger partial charge is 0.330 e. The van der Waals surface area contributed by atoms with Gasteiger partial charge in [0.05, 0.1) is 0 Å². The molecule has 0 radical (unpaired) electrons. The molecule has 2 fully saturated rings. The van der Waals surface area contributed by atoms with Crippen molar-refractivity contribution in [3.8, 4) is 0 Å². The second kappa shape index (κ2) is 6.40. The van der Waals surface area contributed by atoms with Crippen molar-refractivity contribution in [2.75, 3.05) is 0 Å². The number of carbonyl (C=O) groups is 1. The normalized spacial score (nSPS) is 21.5. The molecule has 0 bridgehead atoms.